The Hall–Kier alpha value is -1.98. The van der Waals surface area contributed by atoms with Gasteiger partial charge < -0.3 is 5.11 Å². The van der Waals surface area contributed by atoms with Gasteiger partial charge in [0.25, 0.3) is 0 Å². The Labute approximate surface area is 90.5 Å². The standard InChI is InChI=1S/C10H10FN3O2/c1-2-5-14-9-7(12-13-14)4-3-6(11)8(9)10(15)16/h3-4H,2,5H2,1H3,(H,15,16). The van der Waals surface area contributed by atoms with Gasteiger partial charge >= 0.3 is 5.97 Å². The van der Waals surface area contributed by atoms with E-state index in [4.69, 9.17) is 5.11 Å². The highest BCUT2D eigenvalue weighted by Gasteiger charge is 2.19. The molecule has 2 aromatic rings. The Kier molecular flexibility index (Phi) is 2.55. The van der Waals surface area contributed by atoms with Crippen LogP contribution in [0.4, 0.5) is 4.39 Å². The smallest absolute Gasteiger partial charge is 0.340 e. The van der Waals surface area contributed by atoms with Crippen LogP contribution in [0.3, 0.4) is 0 Å². The maximum Gasteiger partial charge on any atom is 0.340 e. The summed E-state index contributed by atoms with van der Waals surface area (Å²) in [6.45, 7) is 2.44. The van der Waals surface area contributed by atoms with Gasteiger partial charge in [0.15, 0.2) is 0 Å². The molecule has 0 atom stereocenters. The molecule has 0 fully saturated rings. The first-order valence-corrected chi connectivity index (χ1v) is 4.90. The number of hydrogen-bond donors (Lipinski definition) is 1. The third-order valence-corrected chi connectivity index (χ3v) is 2.27. The first-order chi connectivity index (χ1) is 7.65. The minimum absolute atomic E-state index is 0.245. The highest BCUT2D eigenvalue weighted by atomic mass is 19.1. The predicted octanol–water partition coefficient (Wildman–Crippen LogP) is 1.68. The summed E-state index contributed by atoms with van der Waals surface area (Å²) in [5.41, 5.74) is 0.276. The molecule has 0 bridgehead atoms. The molecular formula is C10H10FN3O2. The quantitative estimate of drug-likeness (QED) is 0.859. The number of benzene rings is 1. The normalized spacial score (nSPS) is 10.9. The summed E-state index contributed by atoms with van der Waals surface area (Å²) >= 11 is 0. The molecule has 0 aliphatic heterocycles. The van der Waals surface area contributed by atoms with Gasteiger partial charge in [-0.15, -0.1) is 5.10 Å². The van der Waals surface area contributed by atoms with Gasteiger partial charge in [-0.05, 0) is 18.6 Å². The second-order valence-electron chi connectivity index (χ2n) is 3.41. The van der Waals surface area contributed by atoms with E-state index in [9.17, 15) is 9.18 Å². The monoisotopic (exact) mass is 223 g/mol. The van der Waals surface area contributed by atoms with Crippen LogP contribution in [-0.4, -0.2) is 26.1 Å². The number of halogens is 1. The lowest BCUT2D eigenvalue weighted by molar-refractivity contribution is 0.0693. The van der Waals surface area contributed by atoms with Crippen LogP contribution in [-0.2, 0) is 6.54 Å². The van der Waals surface area contributed by atoms with E-state index in [-0.39, 0.29) is 11.1 Å². The summed E-state index contributed by atoms with van der Waals surface area (Å²) in [7, 11) is 0. The first-order valence-electron chi connectivity index (χ1n) is 4.90. The topological polar surface area (TPSA) is 68.0 Å². The van der Waals surface area contributed by atoms with Crippen molar-refractivity contribution in [3.05, 3.63) is 23.5 Å². The number of fused-ring (bicyclic) bond motifs is 1. The van der Waals surface area contributed by atoms with Crippen LogP contribution in [0.25, 0.3) is 11.0 Å². The molecule has 84 valence electrons. The van der Waals surface area contributed by atoms with Crippen molar-refractivity contribution >= 4 is 17.0 Å². The van der Waals surface area contributed by atoms with E-state index in [1.54, 1.807) is 0 Å². The zero-order valence-corrected chi connectivity index (χ0v) is 8.64. The molecule has 1 aromatic carbocycles. The number of hydrogen-bond acceptors (Lipinski definition) is 3. The maximum absolute atomic E-state index is 13.4. The summed E-state index contributed by atoms with van der Waals surface area (Å²) in [5, 5.41) is 16.6. The van der Waals surface area contributed by atoms with Crippen molar-refractivity contribution in [2.75, 3.05) is 0 Å². The van der Waals surface area contributed by atoms with Gasteiger partial charge in [0.2, 0.25) is 0 Å². The van der Waals surface area contributed by atoms with Crippen molar-refractivity contribution in [1.29, 1.82) is 0 Å². The molecule has 1 N–H and O–H groups in total. The lowest BCUT2D eigenvalue weighted by atomic mass is 10.1. The summed E-state index contributed by atoms with van der Waals surface area (Å²) < 4.78 is 14.8. The molecule has 0 aliphatic rings. The van der Waals surface area contributed by atoms with Gasteiger partial charge in [0.1, 0.15) is 22.4 Å². The second kappa shape index (κ2) is 3.88. The number of carboxylic acids is 1. The molecule has 1 aromatic heterocycles. The zero-order valence-electron chi connectivity index (χ0n) is 8.64. The van der Waals surface area contributed by atoms with Crippen molar-refractivity contribution in [2.45, 2.75) is 19.9 Å². The highest BCUT2D eigenvalue weighted by molar-refractivity contribution is 6.01. The molecule has 6 heteroatoms. The lowest BCUT2D eigenvalue weighted by Gasteiger charge is -2.03. The Morgan fingerprint density at radius 2 is 2.31 bits per heavy atom. The average Bonchev–Trinajstić information content (AvgIpc) is 2.61. The Bertz CT molecular complexity index is 550. The number of aryl methyl sites for hydroxylation is 1. The Morgan fingerprint density at radius 1 is 1.56 bits per heavy atom. The maximum atomic E-state index is 13.4. The van der Waals surface area contributed by atoms with E-state index in [1.807, 2.05) is 6.92 Å². The number of aromatic carboxylic acids is 1. The van der Waals surface area contributed by atoms with E-state index in [2.05, 4.69) is 10.3 Å². The number of carbonyl (C=O) groups is 1. The van der Waals surface area contributed by atoms with E-state index >= 15 is 0 Å². The minimum Gasteiger partial charge on any atom is -0.478 e. The molecule has 16 heavy (non-hydrogen) atoms. The summed E-state index contributed by atoms with van der Waals surface area (Å²) in [4.78, 5) is 11.0. The number of carboxylic acid groups (broad SMARTS) is 1. The van der Waals surface area contributed by atoms with Crippen LogP contribution in [0.15, 0.2) is 12.1 Å². The molecule has 0 aliphatic carbocycles. The van der Waals surface area contributed by atoms with Crippen LogP contribution >= 0.6 is 0 Å². The second-order valence-corrected chi connectivity index (χ2v) is 3.41. The Morgan fingerprint density at radius 3 is 2.94 bits per heavy atom. The van der Waals surface area contributed by atoms with Crippen molar-refractivity contribution in [2.24, 2.45) is 0 Å². The fourth-order valence-electron chi connectivity index (χ4n) is 1.62. The third kappa shape index (κ3) is 1.52. The molecule has 0 saturated carbocycles. The van der Waals surface area contributed by atoms with Crippen molar-refractivity contribution < 1.29 is 14.3 Å². The molecule has 0 saturated heterocycles. The SMILES string of the molecule is CCCn1nnc2ccc(F)c(C(=O)O)c21. The summed E-state index contributed by atoms with van der Waals surface area (Å²) in [5.74, 6) is -2.07. The van der Waals surface area contributed by atoms with Gasteiger partial charge in [0, 0.05) is 6.54 Å². The molecule has 0 spiro atoms. The van der Waals surface area contributed by atoms with Crippen molar-refractivity contribution in [1.82, 2.24) is 15.0 Å². The zero-order chi connectivity index (χ0) is 11.7. The highest BCUT2D eigenvalue weighted by Crippen LogP contribution is 2.20. The fourth-order valence-corrected chi connectivity index (χ4v) is 1.62. The van der Waals surface area contributed by atoms with E-state index in [0.29, 0.717) is 12.1 Å². The number of nitrogens with zero attached hydrogens (tertiary/aromatic N) is 3. The van der Waals surface area contributed by atoms with Crippen LogP contribution in [0.5, 0.6) is 0 Å². The van der Waals surface area contributed by atoms with Gasteiger partial charge in [-0.1, -0.05) is 12.1 Å². The molecule has 2 rings (SSSR count). The van der Waals surface area contributed by atoms with E-state index < -0.39 is 11.8 Å². The molecule has 1 heterocycles. The van der Waals surface area contributed by atoms with Gasteiger partial charge in [0.05, 0.1) is 0 Å². The minimum atomic E-state index is -1.30. The van der Waals surface area contributed by atoms with Gasteiger partial charge in [-0.2, -0.15) is 0 Å². The van der Waals surface area contributed by atoms with Crippen LogP contribution in [0, 0.1) is 5.82 Å². The van der Waals surface area contributed by atoms with E-state index in [0.717, 1.165) is 12.5 Å². The molecule has 0 amide bonds. The predicted molar refractivity (Wildman–Crippen MR) is 54.7 cm³/mol. The van der Waals surface area contributed by atoms with Crippen LogP contribution in [0.1, 0.15) is 23.7 Å². The van der Waals surface area contributed by atoms with Gasteiger partial charge in [-0.25, -0.2) is 13.9 Å². The largest absolute Gasteiger partial charge is 0.478 e. The third-order valence-electron chi connectivity index (χ3n) is 2.27. The van der Waals surface area contributed by atoms with Gasteiger partial charge in [-0.3, -0.25) is 0 Å². The molecule has 0 unspecified atom stereocenters. The Balaban J connectivity index is 2.77. The average molecular weight is 223 g/mol. The number of rotatable bonds is 3. The molecular weight excluding hydrogens is 213 g/mol. The lowest BCUT2D eigenvalue weighted by Crippen LogP contribution is -2.07. The summed E-state index contributed by atoms with van der Waals surface area (Å²) in [6.07, 6.45) is 0.772. The number of aromatic nitrogens is 3. The van der Waals surface area contributed by atoms with Crippen LogP contribution in [0.2, 0.25) is 0 Å². The van der Waals surface area contributed by atoms with Crippen LogP contribution < -0.4 is 0 Å². The first kappa shape index (κ1) is 10.5. The van der Waals surface area contributed by atoms with E-state index in [1.165, 1.54) is 10.7 Å². The fraction of sp³-hybridized carbons (Fsp3) is 0.300. The molecule has 5 nitrogen and oxygen atoms in total. The summed E-state index contributed by atoms with van der Waals surface area (Å²) in [6, 6.07) is 2.52. The molecule has 0 radical (unpaired) electrons. The van der Waals surface area contributed by atoms with Crippen molar-refractivity contribution in [3.63, 3.8) is 0 Å². The van der Waals surface area contributed by atoms with Crippen molar-refractivity contribution in [3.8, 4) is 0 Å².